The number of nitrogens with zero attached hydrogens (tertiary/aromatic N) is 2. The quantitative estimate of drug-likeness (QED) is 0.279. The fourth-order valence-electron chi connectivity index (χ4n) is 5.17. The van der Waals surface area contributed by atoms with Gasteiger partial charge in [-0.2, -0.15) is 0 Å². The summed E-state index contributed by atoms with van der Waals surface area (Å²) in [7, 11) is 1.71. The number of likely N-dealkylation sites (tertiary alicyclic amines) is 1. The van der Waals surface area contributed by atoms with Gasteiger partial charge in [0.05, 0.1) is 12.6 Å². The summed E-state index contributed by atoms with van der Waals surface area (Å²) in [4.78, 5) is 45.6. The van der Waals surface area contributed by atoms with Gasteiger partial charge >= 0.3 is 0 Å². The van der Waals surface area contributed by atoms with Crippen LogP contribution < -0.4 is 10.6 Å². The monoisotopic (exact) mass is 532 g/mol. The minimum absolute atomic E-state index is 0. The Labute approximate surface area is 225 Å². The molecule has 2 heterocycles. The molecule has 204 valence electrons. The highest BCUT2D eigenvalue weighted by Crippen LogP contribution is 2.36. The van der Waals surface area contributed by atoms with Crippen LogP contribution in [0.3, 0.4) is 0 Å². The lowest BCUT2D eigenvalue weighted by atomic mass is 9.90. The number of rotatable bonds is 8. The topological polar surface area (TPSA) is 91.4 Å². The van der Waals surface area contributed by atoms with E-state index in [1.807, 2.05) is 4.90 Å². The second-order valence-corrected chi connectivity index (χ2v) is 10.3. The number of benzene rings is 1. The predicted octanol–water partition coefficient (Wildman–Crippen LogP) is 5.15. The summed E-state index contributed by atoms with van der Waals surface area (Å²) in [5, 5.41) is 8.31. The number of hydrogen-bond acceptors (Lipinski definition) is 6. The smallest absolute Gasteiger partial charge is 0.246 e. The summed E-state index contributed by atoms with van der Waals surface area (Å²) in [6.07, 6.45) is 7.95. The van der Waals surface area contributed by atoms with Crippen molar-refractivity contribution < 1.29 is 21.6 Å². The third-order valence-corrected chi connectivity index (χ3v) is 7.92. The molecule has 0 unspecified atom stereocenters. The largest absolute Gasteiger partial charge is 0.343 e. The van der Waals surface area contributed by atoms with Gasteiger partial charge in [0.2, 0.25) is 17.6 Å². The van der Waals surface area contributed by atoms with Gasteiger partial charge in [-0.15, -0.1) is 24.5 Å². The molecule has 9 heteroatoms. The summed E-state index contributed by atoms with van der Waals surface area (Å²) >= 11 is 1.37. The number of carbonyl (C=O) groups is 3. The van der Waals surface area contributed by atoms with Crippen molar-refractivity contribution >= 4 is 28.9 Å². The first-order valence-electron chi connectivity index (χ1n) is 13.0. The third kappa shape index (κ3) is 7.32. The van der Waals surface area contributed by atoms with E-state index in [0.717, 1.165) is 56.4 Å². The maximum absolute atomic E-state index is 13.8. The first-order chi connectivity index (χ1) is 18.0. The van der Waals surface area contributed by atoms with Crippen molar-refractivity contribution in [3.8, 4) is 0 Å². The molecule has 1 aliphatic carbocycles. The van der Waals surface area contributed by atoms with Crippen LogP contribution in [0.2, 0.25) is 0 Å². The Kier molecular flexibility index (Phi) is 11.0. The van der Waals surface area contributed by atoms with Gasteiger partial charge in [0.1, 0.15) is 22.6 Å². The molecule has 2 N–H and O–H groups in total. The van der Waals surface area contributed by atoms with Gasteiger partial charge in [-0.1, -0.05) is 25.7 Å². The normalized spacial score (nSPS) is 18.9. The molecule has 1 aliphatic heterocycles. The number of aromatic nitrogens is 1. The molecule has 1 aromatic carbocycles. The van der Waals surface area contributed by atoms with Crippen molar-refractivity contribution in [3.63, 3.8) is 0 Å². The van der Waals surface area contributed by atoms with Crippen LogP contribution in [0, 0.1) is 11.7 Å². The number of ketones is 1. The van der Waals surface area contributed by atoms with Gasteiger partial charge < -0.3 is 15.5 Å². The summed E-state index contributed by atoms with van der Waals surface area (Å²) in [5.41, 5.74) is 0.682. The van der Waals surface area contributed by atoms with Gasteiger partial charge in [0.25, 0.3) is 0 Å². The summed E-state index contributed by atoms with van der Waals surface area (Å²) in [5.74, 6) is -0.763. The number of nitrogens with one attached hydrogen (secondary N) is 2. The van der Waals surface area contributed by atoms with Gasteiger partial charge in [0.15, 0.2) is 0 Å². The Morgan fingerprint density at radius 3 is 2.43 bits per heavy atom. The molecule has 0 spiro atoms. The van der Waals surface area contributed by atoms with E-state index >= 15 is 0 Å². The van der Waals surface area contributed by atoms with E-state index in [4.69, 9.17) is 0 Å². The maximum atomic E-state index is 13.8. The molecular formula is C28H41FN4O3S. The lowest BCUT2D eigenvalue weighted by molar-refractivity contribution is -0.139. The van der Waals surface area contributed by atoms with Crippen LogP contribution in [-0.2, 0) is 9.59 Å². The molecule has 2 atom stereocenters. The molecule has 37 heavy (non-hydrogen) atoms. The van der Waals surface area contributed by atoms with Crippen molar-refractivity contribution in [2.75, 3.05) is 20.1 Å². The van der Waals surface area contributed by atoms with Crippen molar-refractivity contribution in [3.05, 3.63) is 64.9 Å². The van der Waals surface area contributed by atoms with E-state index < -0.39 is 11.9 Å². The number of likely N-dealkylation sites (N-methyl/N-ethyl adjacent to an activating group) is 1. The molecule has 4 rings (SSSR count). The Morgan fingerprint density at radius 2 is 1.78 bits per heavy atom. The highest BCUT2D eigenvalue weighted by molar-refractivity contribution is 7.10. The molecule has 7 nitrogen and oxygen atoms in total. The zero-order valence-electron chi connectivity index (χ0n) is 21.5. The van der Waals surface area contributed by atoms with E-state index in [9.17, 15) is 18.8 Å². The van der Waals surface area contributed by atoms with Crippen molar-refractivity contribution in [2.45, 2.75) is 63.5 Å². The first kappa shape index (κ1) is 28.7. The van der Waals surface area contributed by atoms with Crippen LogP contribution in [0.4, 0.5) is 4.39 Å². The zero-order valence-corrected chi connectivity index (χ0v) is 22.3. The molecular weight excluding hydrogens is 491 g/mol. The van der Waals surface area contributed by atoms with E-state index in [0.29, 0.717) is 17.8 Å². The lowest BCUT2D eigenvalue weighted by Crippen LogP contribution is -2.53. The second kappa shape index (κ2) is 14.1. The van der Waals surface area contributed by atoms with Crippen LogP contribution in [0.15, 0.2) is 42.8 Å². The second-order valence-electron chi connectivity index (χ2n) is 9.42. The van der Waals surface area contributed by atoms with Gasteiger partial charge in [-0.25, -0.2) is 9.37 Å². The van der Waals surface area contributed by atoms with Crippen molar-refractivity contribution in [1.82, 2.24) is 20.5 Å². The zero-order chi connectivity index (χ0) is 26.8. The SMILES string of the molecule is C=C.CNCC(=O)N[C@H](C(=O)N1CCC[C@H]1c1nc(C(=O)c2ccc(F)cc2)cs1)C1CCCCCC1.[HH].[HH]. The minimum Gasteiger partial charge on any atom is -0.343 e. The number of amides is 2. The van der Waals surface area contributed by atoms with Gasteiger partial charge in [0, 0.05) is 20.3 Å². The lowest BCUT2D eigenvalue weighted by Gasteiger charge is -2.32. The summed E-state index contributed by atoms with van der Waals surface area (Å²) in [6, 6.07) is 4.66. The summed E-state index contributed by atoms with van der Waals surface area (Å²) < 4.78 is 13.2. The van der Waals surface area contributed by atoms with Crippen LogP contribution in [0.5, 0.6) is 0 Å². The number of thiazole rings is 1. The Bertz CT molecular complexity index is 1060. The number of hydrogen-bond donors (Lipinski definition) is 2. The van der Waals surface area contributed by atoms with Crippen LogP contribution in [0.1, 0.15) is 81.3 Å². The highest BCUT2D eigenvalue weighted by Gasteiger charge is 2.39. The van der Waals surface area contributed by atoms with Crippen LogP contribution in [0.25, 0.3) is 0 Å². The van der Waals surface area contributed by atoms with Gasteiger partial charge in [-0.05, 0) is 62.9 Å². The molecule has 2 fully saturated rings. The molecule has 2 aliphatic rings. The molecule has 0 radical (unpaired) electrons. The molecule has 1 aromatic heterocycles. The Morgan fingerprint density at radius 1 is 1.11 bits per heavy atom. The van der Waals surface area contributed by atoms with E-state index in [2.05, 4.69) is 28.8 Å². The molecule has 2 amide bonds. The standard InChI is InChI=1S/C26H33FN4O3S.C2H4.2H2/c1-28-15-22(32)30-23(17-7-4-2-3-5-8-17)26(34)31-14-6-9-21(31)25-29-20(16-35-25)24(33)18-10-12-19(27)13-11-18;1-2;;/h10-13,16-17,21,23,28H,2-9,14-15H2,1H3,(H,30,32);1-2H2;2*1H/t21-,23-;;;/m0.../s1. The fourth-order valence-corrected chi connectivity index (χ4v) is 6.12. The first-order valence-corrected chi connectivity index (χ1v) is 13.9. The minimum atomic E-state index is -0.546. The fraction of sp³-hybridized carbons (Fsp3) is 0.500. The van der Waals surface area contributed by atoms with Crippen LogP contribution in [-0.4, -0.2) is 53.7 Å². The van der Waals surface area contributed by atoms with Crippen molar-refractivity contribution in [2.24, 2.45) is 5.92 Å². The maximum Gasteiger partial charge on any atom is 0.246 e. The molecule has 1 saturated carbocycles. The predicted molar refractivity (Wildman–Crippen MR) is 148 cm³/mol. The summed E-state index contributed by atoms with van der Waals surface area (Å²) in [6.45, 7) is 6.77. The average molecular weight is 533 g/mol. The van der Waals surface area contributed by atoms with Gasteiger partial charge in [-0.3, -0.25) is 14.4 Å². The molecule has 2 aromatic rings. The highest BCUT2D eigenvalue weighted by atomic mass is 32.1. The van der Waals surface area contributed by atoms with E-state index in [1.165, 1.54) is 35.6 Å². The Hall–Kier alpha value is -2.91. The molecule has 1 saturated heterocycles. The van der Waals surface area contributed by atoms with E-state index in [1.54, 1.807) is 12.4 Å². The van der Waals surface area contributed by atoms with Crippen molar-refractivity contribution in [1.29, 1.82) is 0 Å². The molecule has 0 bridgehead atoms. The average Bonchev–Trinajstić information content (AvgIpc) is 3.52. The number of halogens is 1. The third-order valence-electron chi connectivity index (χ3n) is 6.97. The Balaban J connectivity index is 0.00000186. The van der Waals surface area contributed by atoms with E-state index in [-0.39, 0.29) is 39.0 Å². The van der Waals surface area contributed by atoms with Crippen LogP contribution >= 0.6 is 11.3 Å². The number of carbonyl (C=O) groups excluding carboxylic acids is 3.